The minimum absolute atomic E-state index is 0.491. The van der Waals surface area contributed by atoms with Gasteiger partial charge in [-0.15, -0.1) is 6.58 Å². The van der Waals surface area contributed by atoms with Gasteiger partial charge in [0.1, 0.15) is 0 Å². The molecular weight excluding hydrogens is 88.1 g/mol. The lowest BCUT2D eigenvalue weighted by molar-refractivity contribution is 0.176. The molecule has 42 valence electrons. The zero-order chi connectivity index (χ0) is 5.70. The molecule has 0 aromatic heterocycles. The maximum absolute atomic E-state index is 4.82. The van der Waals surface area contributed by atoms with Crippen molar-refractivity contribution in [3.8, 4) is 0 Å². The van der Waals surface area contributed by atoms with Crippen molar-refractivity contribution in [2.45, 2.75) is 6.92 Å². The number of ether oxygens (including phenoxy) is 1. The largest absolute Gasteiger partial charge is 0.384 e. The first-order chi connectivity index (χ1) is 3.31. The number of rotatable bonds is 3. The normalized spacial score (nSPS) is 13.4. The second-order valence-electron chi connectivity index (χ2n) is 1.67. The fraction of sp³-hybridized carbons (Fsp3) is 0.667. The third kappa shape index (κ3) is 3.53. The van der Waals surface area contributed by atoms with Gasteiger partial charge in [0.15, 0.2) is 0 Å². The third-order valence-electron chi connectivity index (χ3n) is 0.832. The Morgan fingerprint density at radius 2 is 2.43 bits per heavy atom. The van der Waals surface area contributed by atoms with Crippen LogP contribution in [0.5, 0.6) is 0 Å². The van der Waals surface area contributed by atoms with E-state index in [2.05, 4.69) is 13.5 Å². The highest BCUT2D eigenvalue weighted by atomic mass is 16.5. The quantitative estimate of drug-likeness (QED) is 0.488. The summed E-state index contributed by atoms with van der Waals surface area (Å²) >= 11 is 0. The summed E-state index contributed by atoms with van der Waals surface area (Å²) in [6, 6.07) is 0. The van der Waals surface area contributed by atoms with Crippen LogP contribution in [0.1, 0.15) is 6.92 Å². The van der Waals surface area contributed by atoms with Crippen molar-refractivity contribution in [1.82, 2.24) is 0 Å². The summed E-state index contributed by atoms with van der Waals surface area (Å²) in [7, 11) is 1.69. The van der Waals surface area contributed by atoms with E-state index in [-0.39, 0.29) is 0 Å². The summed E-state index contributed by atoms with van der Waals surface area (Å²) in [6.07, 6.45) is 1.88. The summed E-state index contributed by atoms with van der Waals surface area (Å²) in [5.74, 6) is 0.491. The fourth-order valence-corrected chi connectivity index (χ4v) is 0.331. The molecule has 0 saturated heterocycles. The van der Waals surface area contributed by atoms with Gasteiger partial charge >= 0.3 is 0 Å². The Labute approximate surface area is 45.0 Å². The van der Waals surface area contributed by atoms with Crippen molar-refractivity contribution in [3.05, 3.63) is 12.7 Å². The van der Waals surface area contributed by atoms with Crippen LogP contribution in [0.15, 0.2) is 12.7 Å². The van der Waals surface area contributed by atoms with Crippen molar-refractivity contribution in [1.29, 1.82) is 0 Å². The zero-order valence-electron chi connectivity index (χ0n) is 4.98. The Kier molecular flexibility index (Phi) is 3.71. The van der Waals surface area contributed by atoms with Crippen LogP contribution < -0.4 is 0 Å². The minimum atomic E-state index is 0.491. The number of methoxy groups -OCH3 is 1. The minimum Gasteiger partial charge on any atom is -0.384 e. The van der Waals surface area contributed by atoms with E-state index in [9.17, 15) is 0 Å². The Morgan fingerprint density at radius 3 is 2.57 bits per heavy atom. The van der Waals surface area contributed by atoms with E-state index in [0.29, 0.717) is 5.92 Å². The summed E-state index contributed by atoms with van der Waals surface area (Å²) < 4.78 is 4.82. The molecule has 1 nitrogen and oxygen atoms in total. The topological polar surface area (TPSA) is 9.23 Å². The van der Waals surface area contributed by atoms with Crippen molar-refractivity contribution >= 4 is 0 Å². The van der Waals surface area contributed by atoms with Crippen LogP contribution in [0, 0.1) is 5.92 Å². The van der Waals surface area contributed by atoms with E-state index in [4.69, 9.17) is 4.74 Å². The van der Waals surface area contributed by atoms with Crippen LogP contribution >= 0.6 is 0 Å². The predicted octanol–water partition coefficient (Wildman–Crippen LogP) is 1.45. The highest BCUT2D eigenvalue weighted by Crippen LogP contribution is 1.92. The molecule has 0 unspecified atom stereocenters. The summed E-state index contributed by atoms with van der Waals surface area (Å²) in [6.45, 7) is 6.45. The molecule has 0 heterocycles. The summed E-state index contributed by atoms with van der Waals surface area (Å²) in [5.41, 5.74) is 0. The van der Waals surface area contributed by atoms with Gasteiger partial charge in [0.2, 0.25) is 0 Å². The Bertz CT molecular complexity index is 50.1. The fourth-order valence-electron chi connectivity index (χ4n) is 0.331. The van der Waals surface area contributed by atoms with Crippen LogP contribution in [0.3, 0.4) is 0 Å². The Hall–Kier alpha value is -0.300. The number of hydrogen-bond donors (Lipinski definition) is 0. The van der Waals surface area contributed by atoms with Crippen molar-refractivity contribution in [2.24, 2.45) is 5.92 Å². The first kappa shape index (κ1) is 6.70. The first-order valence-corrected chi connectivity index (χ1v) is 2.42. The van der Waals surface area contributed by atoms with Gasteiger partial charge in [-0.25, -0.2) is 0 Å². The van der Waals surface area contributed by atoms with Crippen LogP contribution in [-0.2, 0) is 4.74 Å². The third-order valence-corrected chi connectivity index (χ3v) is 0.832. The highest BCUT2D eigenvalue weighted by Gasteiger charge is 1.89. The molecule has 0 aliphatic heterocycles. The molecule has 0 N–H and O–H groups in total. The molecule has 0 aromatic rings. The average Bonchev–Trinajstić information content (AvgIpc) is 1.68. The second kappa shape index (κ2) is 3.88. The molecule has 1 heteroatoms. The van der Waals surface area contributed by atoms with Gasteiger partial charge < -0.3 is 4.74 Å². The van der Waals surface area contributed by atoms with Crippen molar-refractivity contribution in [2.75, 3.05) is 13.7 Å². The molecule has 0 aromatic carbocycles. The monoisotopic (exact) mass is 100 g/mol. The molecule has 0 spiro atoms. The number of hydrogen-bond acceptors (Lipinski definition) is 1. The average molecular weight is 100 g/mol. The maximum atomic E-state index is 4.82. The van der Waals surface area contributed by atoms with Crippen molar-refractivity contribution < 1.29 is 4.74 Å². The lowest BCUT2D eigenvalue weighted by Gasteiger charge is -1.99. The van der Waals surface area contributed by atoms with Crippen LogP contribution in [0.2, 0.25) is 0 Å². The molecule has 1 atom stereocenters. The van der Waals surface area contributed by atoms with Gasteiger partial charge in [0, 0.05) is 7.11 Å². The lowest BCUT2D eigenvalue weighted by atomic mass is 10.2. The van der Waals surface area contributed by atoms with E-state index >= 15 is 0 Å². The smallest absolute Gasteiger partial charge is 0.0522 e. The second-order valence-corrected chi connectivity index (χ2v) is 1.67. The first-order valence-electron chi connectivity index (χ1n) is 2.42. The van der Waals surface area contributed by atoms with Gasteiger partial charge in [-0.3, -0.25) is 0 Å². The SMILES string of the molecule is C=C[C@@H](C)COC. The van der Waals surface area contributed by atoms with E-state index < -0.39 is 0 Å². The van der Waals surface area contributed by atoms with Gasteiger partial charge in [-0.2, -0.15) is 0 Å². The molecule has 0 bridgehead atoms. The van der Waals surface area contributed by atoms with Crippen LogP contribution in [0.4, 0.5) is 0 Å². The summed E-state index contributed by atoms with van der Waals surface area (Å²) in [5, 5.41) is 0. The van der Waals surface area contributed by atoms with Crippen LogP contribution in [0.25, 0.3) is 0 Å². The van der Waals surface area contributed by atoms with Crippen LogP contribution in [-0.4, -0.2) is 13.7 Å². The molecule has 7 heavy (non-hydrogen) atoms. The molecule has 0 fully saturated rings. The zero-order valence-corrected chi connectivity index (χ0v) is 4.98. The van der Waals surface area contributed by atoms with Gasteiger partial charge in [0.05, 0.1) is 6.61 Å². The lowest BCUT2D eigenvalue weighted by Crippen LogP contribution is -1.97. The Morgan fingerprint density at radius 1 is 1.86 bits per heavy atom. The summed E-state index contributed by atoms with van der Waals surface area (Å²) in [4.78, 5) is 0. The van der Waals surface area contributed by atoms with E-state index in [0.717, 1.165) is 6.61 Å². The predicted molar refractivity (Wildman–Crippen MR) is 31.2 cm³/mol. The molecule has 0 aliphatic rings. The molecule has 0 aliphatic carbocycles. The maximum Gasteiger partial charge on any atom is 0.0522 e. The molecule has 0 amide bonds. The standard InChI is InChI=1S/C6H12O/c1-4-6(2)5-7-3/h4,6H,1,5H2,2-3H3/t6-/m1/s1. The van der Waals surface area contributed by atoms with Gasteiger partial charge in [0.25, 0.3) is 0 Å². The Balaban J connectivity index is 2.98. The van der Waals surface area contributed by atoms with E-state index in [1.54, 1.807) is 7.11 Å². The molecular formula is C6H12O. The highest BCUT2D eigenvalue weighted by molar-refractivity contribution is 4.73. The molecule has 0 saturated carbocycles. The molecule has 0 rings (SSSR count). The van der Waals surface area contributed by atoms with E-state index in [1.807, 2.05) is 6.08 Å². The van der Waals surface area contributed by atoms with Gasteiger partial charge in [-0.1, -0.05) is 13.0 Å². The molecule has 0 radical (unpaired) electrons. The van der Waals surface area contributed by atoms with E-state index in [1.165, 1.54) is 0 Å². The van der Waals surface area contributed by atoms with Crippen molar-refractivity contribution in [3.63, 3.8) is 0 Å². The van der Waals surface area contributed by atoms with Gasteiger partial charge in [-0.05, 0) is 5.92 Å².